The highest BCUT2D eigenvalue weighted by molar-refractivity contribution is 5.97. The van der Waals surface area contributed by atoms with E-state index in [2.05, 4.69) is 15.6 Å². The van der Waals surface area contributed by atoms with E-state index in [9.17, 15) is 9.59 Å². The molecule has 2 N–H and O–H groups in total. The van der Waals surface area contributed by atoms with Gasteiger partial charge in [-0.15, -0.1) is 0 Å². The summed E-state index contributed by atoms with van der Waals surface area (Å²) in [4.78, 5) is 28.2. The lowest BCUT2D eigenvalue weighted by atomic mass is 10.0. The number of benzene rings is 1. The number of carbonyl (C=O) groups excluding carboxylic acids is 2. The fourth-order valence-corrected chi connectivity index (χ4v) is 2.18. The van der Waals surface area contributed by atoms with Crippen LogP contribution < -0.4 is 10.6 Å². The minimum absolute atomic E-state index is 0.0857. The second-order valence-electron chi connectivity index (χ2n) is 5.49. The number of alkyl carbamates (subject to hydrolysis) is 1. The molecule has 2 rings (SSSR count). The third-order valence-electron chi connectivity index (χ3n) is 3.26. The molecule has 7 nitrogen and oxygen atoms in total. The van der Waals surface area contributed by atoms with Crippen molar-refractivity contribution in [2.75, 3.05) is 11.9 Å². The van der Waals surface area contributed by atoms with Crippen LogP contribution in [-0.2, 0) is 9.53 Å². The molecule has 0 spiro atoms. The lowest BCUT2D eigenvalue weighted by Crippen LogP contribution is -2.47. The van der Waals surface area contributed by atoms with Gasteiger partial charge in [0.1, 0.15) is 11.6 Å². The molecule has 0 aliphatic rings. The molecule has 0 bridgehead atoms. The van der Waals surface area contributed by atoms with Gasteiger partial charge in [0.15, 0.2) is 11.5 Å². The van der Waals surface area contributed by atoms with E-state index >= 15 is 0 Å². The molecule has 0 radical (unpaired) electrons. The van der Waals surface area contributed by atoms with E-state index in [0.29, 0.717) is 22.7 Å². The minimum Gasteiger partial charge on any atom is -0.450 e. The van der Waals surface area contributed by atoms with Gasteiger partial charge in [-0.2, -0.15) is 0 Å². The normalized spacial score (nSPS) is 12.2. The van der Waals surface area contributed by atoms with Crippen molar-refractivity contribution in [3.63, 3.8) is 0 Å². The zero-order valence-electron chi connectivity index (χ0n) is 13.7. The van der Waals surface area contributed by atoms with E-state index in [4.69, 9.17) is 9.15 Å². The third-order valence-corrected chi connectivity index (χ3v) is 3.26. The molecule has 1 heterocycles. The van der Waals surface area contributed by atoms with Crippen molar-refractivity contribution in [3.05, 3.63) is 24.1 Å². The first-order chi connectivity index (χ1) is 10.9. The van der Waals surface area contributed by atoms with E-state index < -0.39 is 12.1 Å². The van der Waals surface area contributed by atoms with Gasteiger partial charge in [0.2, 0.25) is 5.91 Å². The predicted octanol–water partition coefficient (Wildman–Crippen LogP) is 2.85. The standard InChI is InChI=1S/C16H21N3O4/c1-5-22-16(21)19-14(9(2)3)15(20)18-11-6-7-13-12(8-11)17-10(4)23-13/h6-9,14H,5H2,1-4H3,(H,18,20)(H,19,21). The van der Waals surface area contributed by atoms with Gasteiger partial charge >= 0.3 is 6.09 Å². The second-order valence-corrected chi connectivity index (χ2v) is 5.49. The van der Waals surface area contributed by atoms with Gasteiger partial charge in [0.25, 0.3) is 0 Å². The van der Waals surface area contributed by atoms with Crippen LogP contribution in [0.1, 0.15) is 26.7 Å². The SMILES string of the molecule is CCOC(=O)NC(C(=O)Nc1ccc2oc(C)nc2c1)C(C)C. The zero-order valence-corrected chi connectivity index (χ0v) is 13.7. The number of oxazole rings is 1. The Morgan fingerprint density at radius 2 is 2.09 bits per heavy atom. The lowest BCUT2D eigenvalue weighted by molar-refractivity contribution is -0.119. The van der Waals surface area contributed by atoms with Crippen LogP contribution >= 0.6 is 0 Å². The van der Waals surface area contributed by atoms with Crippen LogP contribution in [-0.4, -0.2) is 29.6 Å². The Hall–Kier alpha value is -2.57. The van der Waals surface area contributed by atoms with E-state index in [1.165, 1.54) is 0 Å². The Kier molecular flexibility index (Phi) is 5.20. The number of aromatic nitrogens is 1. The van der Waals surface area contributed by atoms with Gasteiger partial charge in [-0.05, 0) is 31.0 Å². The highest BCUT2D eigenvalue weighted by Gasteiger charge is 2.25. The summed E-state index contributed by atoms with van der Waals surface area (Å²) in [5.74, 6) is 0.164. The molecule has 1 aromatic heterocycles. The highest BCUT2D eigenvalue weighted by atomic mass is 16.5. The van der Waals surface area contributed by atoms with Crippen LogP contribution in [0.3, 0.4) is 0 Å². The topological polar surface area (TPSA) is 93.5 Å². The molecule has 1 aromatic carbocycles. The number of nitrogens with one attached hydrogen (secondary N) is 2. The predicted molar refractivity (Wildman–Crippen MR) is 86.2 cm³/mol. The average molecular weight is 319 g/mol. The molecule has 1 atom stereocenters. The average Bonchev–Trinajstić information content (AvgIpc) is 2.84. The van der Waals surface area contributed by atoms with Crippen molar-refractivity contribution in [2.24, 2.45) is 5.92 Å². The van der Waals surface area contributed by atoms with E-state index in [0.717, 1.165) is 0 Å². The number of aryl methyl sites for hydroxylation is 1. The van der Waals surface area contributed by atoms with Crippen LogP contribution in [0.15, 0.2) is 22.6 Å². The summed E-state index contributed by atoms with van der Waals surface area (Å²) in [6.07, 6.45) is -0.607. The molecule has 2 aromatic rings. The van der Waals surface area contributed by atoms with Crippen LogP contribution in [0.4, 0.5) is 10.5 Å². The molecule has 0 aliphatic heterocycles. The summed E-state index contributed by atoms with van der Waals surface area (Å²) < 4.78 is 10.2. The van der Waals surface area contributed by atoms with Crippen LogP contribution in [0.2, 0.25) is 0 Å². The first-order valence-corrected chi connectivity index (χ1v) is 7.52. The molecule has 1 unspecified atom stereocenters. The summed E-state index contributed by atoms with van der Waals surface area (Å²) in [5.41, 5.74) is 1.91. The maximum absolute atomic E-state index is 12.4. The zero-order chi connectivity index (χ0) is 17.0. The number of amides is 2. The van der Waals surface area contributed by atoms with Gasteiger partial charge in [-0.3, -0.25) is 4.79 Å². The van der Waals surface area contributed by atoms with Crippen molar-refractivity contribution in [2.45, 2.75) is 33.7 Å². The number of hydrogen-bond acceptors (Lipinski definition) is 5. The Balaban J connectivity index is 2.11. The number of anilines is 1. The Morgan fingerprint density at radius 3 is 2.74 bits per heavy atom. The summed E-state index contributed by atoms with van der Waals surface area (Å²) >= 11 is 0. The van der Waals surface area contributed by atoms with Crippen molar-refractivity contribution < 1.29 is 18.7 Å². The largest absolute Gasteiger partial charge is 0.450 e. The van der Waals surface area contributed by atoms with Gasteiger partial charge in [-0.25, -0.2) is 9.78 Å². The smallest absolute Gasteiger partial charge is 0.407 e. The molecule has 23 heavy (non-hydrogen) atoms. The molecule has 0 aliphatic carbocycles. The molecule has 124 valence electrons. The third kappa shape index (κ3) is 4.21. The first-order valence-electron chi connectivity index (χ1n) is 7.52. The Morgan fingerprint density at radius 1 is 1.35 bits per heavy atom. The number of fused-ring (bicyclic) bond motifs is 1. The van der Waals surface area contributed by atoms with Gasteiger partial charge in [0, 0.05) is 12.6 Å². The molecule has 0 saturated carbocycles. The fraction of sp³-hybridized carbons (Fsp3) is 0.438. The number of hydrogen-bond donors (Lipinski definition) is 2. The molecule has 7 heteroatoms. The molecule has 2 amide bonds. The van der Waals surface area contributed by atoms with Gasteiger partial charge in [-0.1, -0.05) is 13.8 Å². The minimum atomic E-state index is -0.691. The second kappa shape index (κ2) is 7.13. The molecule has 0 fully saturated rings. The van der Waals surface area contributed by atoms with Crippen LogP contribution in [0.5, 0.6) is 0 Å². The van der Waals surface area contributed by atoms with Crippen molar-refractivity contribution in [1.82, 2.24) is 10.3 Å². The summed E-state index contributed by atoms with van der Waals surface area (Å²) in [5, 5.41) is 5.35. The van der Waals surface area contributed by atoms with Crippen molar-refractivity contribution in [1.29, 1.82) is 0 Å². The van der Waals surface area contributed by atoms with E-state index in [1.54, 1.807) is 32.0 Å². The Bertz CT molecular complexity index is 708. The van der Waals surface area contributed by atoms with Crippen LogP contribution in [0, 0.1) is 12.8 Å². The lowest BCUT2D eigenvalue weighted by Gasteiger charge is -2.21. The molecular formula is C16H21N3O4. The van der Waals surface area contributed by atoms with Gasteiger partial charge in [0.05, 0.1) is 6.61 Å². The number of nitrogens with zero attached hydrogens (tertiary/aromatic N) is 1. The fourth-order valence-electron chi connectivity index (χ4n) is 2.18. The molecule has 0 saturated heterocycles. The molecular weight excluding hydrogens is 298 g/mol. The number of carbonyl (C=O) groups is 2. The van der Waals surface area contributed by atoms with E-state index in [1.807, 2.05) is 13.8 Å². The number of ether oxygens (including phenoxy) is 1. The first kappa shape index (κ1) is 16.8. The summed E-state index contributed by atoms with van der Waals surface area (Å²) in [7, 11) is 0. The van der Waals surface area contributed by atoms with Crippen molar-refractivity contribution in [3.8, 4) is 0 Å². The maximum Gasteiger partial charge on any atom is 0.407 e. The van der Waals surface area contributed by atoms with E-state index in [-0.39, 0.29) is 18.4 Å². The highest BCUT2D eigenvalue weighted by Crippen LogP contribution is 2.20. The number of rotatable bonds is 5. The monoisotopic (exact) mass is 319 g/mol. The summed E-state index contributed by atoms with van der Waals surface area (Å²) in [6, 6.07) is 4.51. The Labute approximate surface area is 134 Å². The maximum atomic E-state index is 12.4. The van der Waals surface area contributed by atoms with Gasteiger partial charge < -0.3 is 19.8 Å². The van der Waals surface area contributed by atoms with Crippen molar-refractivity contribution >= 4 is 28.8 Å². The quantitative estimate of drug-likeness (QED) is 0.884. The van der Waals surface area contributed by atoms with Crippen LogP contribution in [0.25, 0.3) is 11.1 Å². The summed E-state index contributed by atoms with van der Waals surface area (Å²) in [6.45, 7) is 7.41.